The Bertz CT molecular complexity index is 348. The zero-order chi connectivity index (χ0) is 13.3. The number of esters is 2. The van der Waals surface area contributed by atoms with Gasteiger partial charge in [-0.15, -0.1) is 0 Å². The van der Waals surface area contributed by atoms with E-state index in [1.807, 2.05) is 13.8 Å². The van der Waals surface area contributed by atoms with Gasteiger partial charge >= 0.3 is 11.9 Å². The summed E-state index contributed by atoms with van der Waals surface area (Å²) in [7, 11) is 0. The Morgan fingerprint density at radius 2 is 2.00 bits per heavy atom. The number of hydrogen-bond acceptors (Lipinski definition) is 4. The van der Waals surface area contributed by atoms with E-state index in [-0.39, 0.29) is 11.9 Å². The summed E-state index contributed by atoms with van der Waals surface area (Å²) in [5, 5.41) is 0. The van der Waals surface area contributed by atoms with Crippen LogP contribution in [0, 0.1) is 17.3 Å². The molecule has 1 saturated carbocycles. The second kappa shape index (κ2) is 4.90. The van der Waals surface area contributed by atoms with Crippen molar-refractivity contribution in [1.29, 1.82) is 0 Å². The molecule has 0 N–H and O–H groups in total. The van der Waals surface area contributed by atoms with E-state index in [4.69, 9.17) is 9.47 Å². The summed E-state index contributed by atoms with van der Waals surface area (Å²) >= 11 is 0. The standard InChI is InChI=1S/C14H22O4/c1-9-6-4-5-7-10(9)12(15)18-11-13(16)17-8-14(11,2)3/h9-11H,4-8H2,1-3H3/t9-,10+,11-/m0/s1. The van der Waals surface area contributed by atoms with Crippen molar-refractivity contribution in [3.05, 3.63) is 0 Å². The summed E-state index contributed by atoms with van der Waals surface area (Å²) in [6.45, 7) is 6.19. The second-order valence-electron chi connectivity index (χ2n) is 6.28. The lowest BCUT2D eigenvalue weighted by Gasteiger charge is -2.29. The van der Waals surface area contributed by atoms with E-state index >= 15 is 0 Å². The van der Waals surface area contributed by atoms with E-state index in [1.54, 1.807) is 0 Å². The quantitative estimate of drug-likeness (QED) is 0.710. The molecular formula is C14H22O4. The first kappa shape index (κ1) is 13.4. The van der Waals surface area contributed by atoms with Gasteiger partial charge in [0, 0.05) is 5.41 Å². The number of rotatable bonds is 2. The number of ether oxygens (including phenoxy) is 2. The fourth-order valence-electron chi connectivity index (χ4n) is 2.81. The fraction of sp³-hybridized carbons (Fsp3) is 0.857. The molecular weight excluding hydrogens is 232 g/mol. The summed E-state index contributed by atoms with van der Waals surface area (Å²) in [4.78, 5) is 23.8. The van der Waals surface area contributed by atoms with E-state index < -0.39 is 17.5 Å². The smallest absolute Gasteiger partial charge is 0.348 e. The summed E-state index contributed by atoms with van der Waals surface area (Å²) < 4.78 is 10.4. The highest BCUT2D eigenvalue weighted by Crippen LogP contribution is 2.35. The molecule has 0 bridgehead atoms. The molecule has 4 nitrogen and oxygen atoms in total. The fourth-order valence-corrected chi connectivity index (χ4v) is 2.81. The van der Waals surface area contributed by atoms with Gasteiger partial charge in [0.25, 0.3) is 0 Å². The average molecular weight is 254 g/mol. The molecule has 18 heavy (non-hydrogen) atoms. The lowest BCUT2D eigenvalue weighted by Crippen LogP contribution is -2.38. The van der Waals surface area contributed by atoms with Crippen LogP contribution in [-0.2, 0) is 19.1 Å². The van der Waals surface area contributed by atoms with E-state index in [0.717, 1.165) is 19.3 Å². The molecule has 0 radical (unpaired) electrons. The van der Waals surface area contributed by atoms with Crippen LogP contribution in [0.4, 0.5) is 0 Å². The normalized spacial score (nSPS) is 35.1. The van der Waals surface area contributed by atoms with Crippen molar-refractivity contribution in [3.8, 4) is 0 Å². The zero-order valence-corrected chi connectivity index (χ0v) is 11.4. The lowest BCUT2D eigenvalue weighted by atomic mass is 9.80. The molecule has 0 spiro atoms. The molecule has 3 atom stereocenters. The van der Waals surface area contributed by atoms with Crippen LogP contribution in [0.5, 0.6) is 0 Å². The number of cyclic esters (lactones) is 1. The summed E-state index contributed by atoms with van der Waals surface area (Å²) in [6, 6.07) is 0. The van der Waals surface area contributed by atoms with Crippen LogP contribution in [0.25, 0.3) is 0 Å². The molecule has 0 aromatic rings. The van der Waals surface area contributed by atoms with Gasteiger partial charge in [-0.05, 0) is 18.8 Å². The first-order valence-corrected chi connectivity index (χ1v) is 6.79. The van der Waals surface area contributed by atoms with Crippen LogP contribution in [0.1, 0.15) is 46.5 Å². The summed E-state index contributed by atoms with van der Waals surface area (Å²) in [6.07, 6.45) is 3.46. The molecule has 0 unspecified atom stereocenters. The molecule has 1 heterocycles. The van der Waals surface area contributed by atoms with E-state index in [1.165, 1.54) is 6.42 Å². The number of carbonyl (C=O) groups is 2. The van der Waals surface area contributed by atoms with Gasteiger partial charge < -0.3 is 9.47 Å². The third-order valence-electron chi connectivity index (χ3n) is 4.16. The van der Waals surface area contributed by atoms with E-state index in [2.05, 4.69) is 6.92 Å². The minimum atomic E-state index is -0.737. The van der Waals surface area contributed by atoms with Crippen LogP contribution in [0.2, 0.25) is 0 Å². The number of carbonyl (C=O) groups excluding carboxylic acids is 2. The Balaban J connectivity index is 2.00. The summed E-state index contributed by atoms with van der Waals surface area (Å²) in [5.41, 5.74) is -0.412. The maximum absolute atomic E-state index is 12.2. The third kappa shape index (κ3) is 2.52. The predicted molar refractivity (Wildman–Crippen MR) is 65.7 cm³/mol. The van der Waals surface area contributed by atoms with Crippen LogP contribution >= 0.6 is 0 Å². The highest BCUT2D eigenvalue weighted by molar-refractivity contribution is 5.82. The van der Waals surface area contributed by atoms with E-state index in [9.17, 15) is 9.59 Å². The largest absolute Gasteiger partial charge is 0.462 e. The minimum absolute atomic E-state index is 0.0528. The predicted octanol–water partition coefficient (Wildman–Crippen LogP) is 2.31. The topological polar surface area (TPSA) is 52.6 Å². The molecule has 1 aliphatic carbocycles. The van der Waals surface area contributed by atoms with Crippen molar-refractivity contribution in [2.45, 2.75) is 52.6 Å². The Labute approximate surface area is 108 Å². The SMILES string of the molecule is C[C@H]1CCCC[C@H]1C(=O)O[C@H]1C(=O)OCC1(C)C. The number of hydrogen-bond donors (Lipinski definition) is 0. The Kier molecular flexibility index (Phi) is 3.64. The van der Waals surface area contributed by atoms with Crippen molar-refractivity contribution in [2.24, 2.45) is 17.3 Å². The highest BCUT2D eigenvalue weighted by atomic mass is 16.6. The highest BCUT2D eigenvalue weighted by Gasteiger charge is 2.47. The Hall–Kier alpha value is -1.06. The van der Waals surface area contributed by atoms with Crippen LogP contribution < -0.4 is 0 Å². The van der Waals surface area contributed by atoms with Gasteiger partial charge in [-0.3, -0.25) is 4.79 Å². The maximum atomic E-state index is 12.2. The molecule has 0 aromatic carbocycles. The molecule has 0 aromatic heterocycles. The Morgan fingerprint density at radius 1 is 1.33 bits per heavy atom. The third-order valence-corrected chi connectivity index (χ3v) is 4.16. The first-order valence-electron chi connectivity index (χ1n) is 6.79. The van der Waals surface area contributed by atoms with Crippen molar-refractivity contribution >= 4 is 11.9 Å². The molecule has 4 heteroatoms. The van der Waals surface area contributed by atoms with Gasteiger partial charge in [-0.25, -0.2) is 4.79 Å². The van der Waals surface area contributed by atoms with Gasteiger partial charge in [-0.1, -0.05) is 33.6 Å². The first-order chi connectivity index (χ1) is 8.42. The molecule has 2 rings (SSSR count). The van der Waals surface area contributed by atoms with Crippen molar-refractivity contribution in [3.63, 3.8) is 0 Å². The van der Waals surface area contributed by atoms with Gasteiger partial charge in [0.05, 0.1) is 5.92 Å². The minimum Gasteiger partial charge on any atom is -0.462 e. The van der Waals surface area contributed by atoms with Crippen LogP contribution in [0.15, 0.2) is 0 Å². The molecule has 2 aliphatic rings. The lowest BCUT2D eigenvalue weighted by molar-refractivity contribution is -0.168. The molecule has 2 fully saturated rings. The van der Waals surface area contributed by atoms with Crippen LogP contribution in [-0.4, -0.2) is 24.6 Å². The van der Waals surface area contributed by atoms with Gasteiger partial charge in [0.1, 0.15) is 6.61 Å². The van der Waals surface area contributed by atoms with Gasteiger partial charge in [0.2, 0.25) is 6.10 Å². The summed E-state index contributed by atoms with van der Waals surface area (Å²) in [5.74, 6) is -0.328. The monoisotopic (exact) mass is 254 g/mol. The maximum Gasteiger partial charge on any atom is 0.348 e. The van der Waals surface area contributed by atoms with E-state index in [0.29, 0.717) is 12.5 Å². The van der Waals surface area contributed by atoms with Crippen LogP contribution in [0.3, 0.4) is 0 Å². The van der Waals surface area contributed by atoms with Crippen molar-refractivity contribution < 1.29 is 19.1 Å². The van der Waals surface area contributed by atoms with Crippen molar-refractivity contribution in [2.75, 3.05) is 6.61 Å². The second-order valence-corrected chi connectivity index (χ2v) is 6.28. The molecule has 0 amide bonds. The molecule has 1 aliphatic heterocycles. The van der Waals surface area contributed by atoms with Gasteiger partial charge in [-0.2, -0.15) is 0 Å². The average Bonchev–Trinajstić information content (AvgIpc) is 2.56. The van der Waals surface area contributed by atoms with Crippen molar-refractivity contribution in [1.82, 2.24) is 0 Å². The van der Waals surface area contributed by atoms with Gasteiger partial charge in [0.15, 0.2) is 0 Å². The zero-order valence-electron chi connectivity index (χ0n) is 11.4. The molecule has 1 saturated heterocycles. The molecule has 102 valence electrons. The Morgan fingerprint density at radius 3 is 2.56 bits per heavy atom.